The number of hydrogen-bond acceptors (Lipinski definition) is 6. The van der Waals surface area contributed by atoms with E-state index in [0.29, 0.717) is 0 Å². The summed E-state index contributed by atoms with van der Waals surface area (Å²) in [6.07, 6.45) is 0. The van der Waals surface area contributed by atoms with Crippen LogP contribution in [0.1, 0.15) is 10.5 Å². The Morgan fingerprint density at radius 2 is 1.88 bits per heavy atom. The molecule has 0 aliphatic carbocycles. The molecular formula is C13H13BrN4O4S2. The van der Waals surface area contributed by atoms with E-state index in [4.69, 9.17) is 0 Å². The van der Waals surface area contributed by atoms with Crippen molar-refractivity contribution in [2.24, 2.45) is 0 Å². The highest BCUT2D eigenvalue weighted by atomic mass is 79.9. The van der Waals surface area contributed by atoms with Crippen molar-refractivity contribution in [3.63, 3.8) is 0 Å². The summed E-state index contributed by atoms with van der Waals surface area (Å²) >= 11 is 4.42. The fourth-order valence-electron chi connectivity index (χ4n) is 2.32. The Labute approximate surface area is 150 Å². The van der Waals surface area contributed by atoms with Gasteiger partial charge in [0.25, 0.3) is 21.5 Å². The molecule has 1 N–H and O–H groups in total. The first-order chi connectivity index (χ1) is 11.4. The molecule has 1 amide bonds. The lowest BCUT2D eigenvalue weighted by atomic mass is 10.3. The van der Waals surface area contributed by atoms with Gasteiger partial charge in [0.15, 0.2) is 0 Å². The van der Waals surface area contributed by atoms with Gasteiger partial charge in [0.2, 0.25) is 0 Å². The normalized spacial score (nSPS) is 16.3. The molecule has 1 saturated heterocycles. The summed E-state index contributed by atoms with van der Waals surface area (Å²) in [7, 11) is -3.54. The van der Waals surface area contributed by atoms with Gasteiger partial charge in [-0.1, -0.05) is 0 Å². The van der Waals surface area contributed by atoms with Gasteiger partial charge in [-0.25, -0.2) is 13.5 Å². The van der Waals surface area contributed by atoms with E-state index in [1.54, 1.807) is 12.1 Å². The van der Waals surface area contributed by atoms with Gasteiger partial charge in [0.05, 0.1) is 3.79 Å². The van der Waals surface area contributed by atoms with Crippen LogP contribution in [0.4, 0.5) is 0 Å². The van der Waals surface area contributed by atoms with E-state index in [2.05, 4.69) is 26.1 Å². The number of aromatic amines is 1. The molecule has 11 heteroatoms. The number of thiophene rings is 1. The second kappa shape index (κ2) is 6.75. The number of carbonyl (C=O) groups is 1. The molecule has 0 unspecified atom stereocenters. The van der Waals surface area contributed by atoms with Crippen LogP contribution >= 0.6 is 27.3 Å². The van der Waals surface area contributed by atoms with Crippen LogP contribution in [0, 0.1) is 0 Å². The van der Waals surface area contributed by atoms with Gasteiger partial charge in [-0.05, 0) is 34.1 Å². The van der Waals surface area contributed by atoms with Crippen LogP contribution in [0.5, 0.6) is 0 Å². The molecule has 1 fully saturated rings. The van der Waals surface area contributed by atoms with Gasteiger partial charge in [-0.3, -0.25) is 9.59 Å². The molecule has 0 saturated carbocycles. The Balaban J connectivity index is 1.68. The fourth-order valence-corrected chi connectivity index (χ4v) is 5.91. The molecule has 3 heterocycles. The third-order valence-electron chi connectivity index (χ3n) is 3.57. The van der Waals surface area contributed by atoms with Crippen molar-refractivity contribution in [1.82, 2.24) is 19.4 Å². The van der Waals surface area contributed by atoms with Crippen molar-refractivity contribution < 1.29 is 13.2 Å². The minimum Gasteiger partial charge on any atom is -0.335 e. The summed E-state index contributed by atoms with van der Waals surface area (Å²) in [5.41, 5.74) is -0.252. The highest BCUT2D eigenvalue weighted by Crippen LogP contribution is 2.29. The van der Waals surface area contributed by atoms with Gasteiger partial charge in [0.1, 0.15) is 9.90 Å². The molecule has 0 atom stereocenters. The molecule has 0 aromatic carbocycles. The summed E-state index contributed by atoms with van der Waals surface area (Å²) in [6.45, 7) is 0.969. The molecule has 0 spiro atoms. The standard InChI is InChI=1S/C13H13BrN4O4S2/c14-10-2-4-12(23-10)24(21,22)18-7-5-17(6-8-18)13(20)9-1-3-11(19)16-15-9/h1-4H,5-8H2,(H,16,19). The quantitative estimate of drug-likeness (QED) is 0.769. The smallest absolute Gasteiger partial charge is 0.274 e. The monoisotopic (exact) mass is 432 g/mol. The zero-order chi connectivity index (χ0) is 17.3. The van der Waals surface area contributed by atoms with E-state index in [1.165, 1.54) is 21.3 Å². The number of carbonyl (C=O) groups excluding carboxylic acids is 1. The van der Waals surface area contributed by atoms with Crippen LogP contribution in [0.25, 0.3) is 0 Å². The zero-order valence-corrected chi connectivity index (χ0v) is 15.5. The number of nitrogens with one attached hydrogen (secondary N) is 1. The first kappa shape index (κ1) is 17.3. The predicted octanol–water partition coefficient (Wildman–Crippen LogP) is 0.741. The van der Waals surface area contributed by atoms with Crippen LogP contribution < -0.4 is 5.56 Å². The Hall–Kier alpha value is -1.56. The first-order valence-corrected chi connectivity index (χ1v) is 10.0. The number of hydrogen-bond donors (Lipinski definition) is 1. The first-order valence-electron chi connectivity index (χ1n) is 6.98. The van der Waals surface area contributed by atoms with Crippen LogP contribution in [-0.2, 0) is 10.0 Å². The largest absolute Gasteiger partial charge is 0.335 e. The Morgan fingerprint density at radius 1 is 1.17 bits per heavy atom. The SMILES string of the molecule is O=C(c1ccc(=O)[nH]n1)N1CCN(S(=O)(=O)c2ccc(Br)s2)CC1. The molecule has 0 radical (unpaired) electrons. The number of aromatic nitrogens is 2. The molecule has 2 aromatic rings. The Morgan fingerprint density at radius 3 is 2.42 bits per heavy atom. The average molecular weight is 433 g/mol. The third-order valence-corrected chi connectivity index (χ3v) is 7.56. The van der Waals surface area contributed by atoms with Crippen LogP contribution in [0.15, 0.2) is 37.1 Å². The van der Waals surface area contributed by atoms with Crippen molar-refractivity contribution in [1.29, 1.82) is 0 Å². The van der Waals surface area contributed by atoms with Crippen molar-refractivity contribution >= 4 is 43.2 Å². The minimum absolute atomic E-state index is 0.132. The highest BCUT2D eigenvalue weighted by molar-refractivity contribution is 9.11. The number of nitrogens with zero attached hydrogens (tertiary/aromatic N) is 3. The summed E-state index contributed by atoms with van der Waals surface area (Å²) in [5, 5.41) is 5.92. The molecule has 3 rings (SSSR count). The average Bonchev–Trinajstić information content (AvgIpc) is 3.02. The maximum Gasteiger partial charge on any atom is 0.274 e. The molecule has 1 aliphatic rings. The number of amides is 1. The van der Waals surface area contributed by atoms with Gasteiger partial charge >= 0.3 is 0 Å². The number of halogens is 1. The van der Waals surface area contributed by atoms with Gasteiger partial charge in [-0.15, -0.1) is 11.3 Å². The maximum absolute atomic E-state index is 12.5. The molecule has 2 aromatic heterocycles. The second-order valence-corrected chi connectivity index (χ2v) is 9.69. The summed E-state index contributed by atoms with van der Waals surface area (Å²) in [4.78, 5) is 24.8. The second-order valence-electron chi connectivity index (χ2n) is 5.06. The fraction of sp³-hybridized carbons (Fsp3) is 0.308. The van der Waals surface area contributed by atoms with E-state index in [-0.39, 0.29) is 47.5 Å². The number of H-pyrrole nitrogens is 1. The van der Waals surface area contributed by atoms with Gasteiger partial charge < -0.3 is 4.90 Å². The lowest BCUT2D eigenvalue weighted by molar-refractivity contribution is 0.0690. The molecule has 128 valence electrons. The molecular weight excluding hydrogens is 420 g/mol. The van der Waals surface area contributed by atoms with Crippen molar-refractivity contribution in [2.75, 3.05) is 26.2 Å². The molecule has 24 heavy (non-hydrogen) atoms. The van der Waals surface area contributed by atoms with E-state index in [1.807, 2.05) is 0 Å². The predicted molar refractivity (Wildman–Crippen MR) is 91.5 cm³/mol. The van der Waals surface area contributed by atoms with Crippen molar-refractivity contribution in [3.8, 4) is 0 Å². The van der Waals surface area contributed by atoms with Crippen molar-refractivity contribution in [3.05, 3.63) is 44.1 Å². The number of piperazine rings is 1. The highest BCUT2D eigenvalue weighted by Gasteiger charge is 2.31. The van der Waals surface area contributed by atoms with E-state index >= 15 is 0 Å². The van der Waals surface area contributed by atoms with Crippen LogP contribution in [0.2, 0.25) is 0 Å². The summed E-state index contributed by atoms with van der Waals surface area (Å²) < 4.78 is 27.5. The summed E-state index contributed by atoms with van der Waals surface area (Å²) in [5.74, 6) is -0.331. The van der Waals surface area contributed by atoms with E-state index in [9.17, 15) is 18.0 Å². The number of sulfonamides is 1. The van der Waals surface area contributed by atoms with Gasteiger partial charge in [-0.2, -0.15) is 9.40 Å². The van der Waals surface area contributed by atoms with Crippen LogP contribution in [0.3, 0.4) is 0 Å². The lowest BCUT2D eigenvalue weighted by Gasteiger charge is -2.33. The molecule has 1 aliphatic heterocycles. The lowest BCUT2D eigenvalue weighted by Crippen LogP contribution is -2.50. The molecule has 8 nitrogen and oxygen atoms in total. The van der Waals surface area contributed by atoms with Crippen LogP contribution in [-0.4, -0.2) is 59.9 Å². The third kappa shape index (κ3) is 3.43. The Kier molecular flexibility index (Phi) is 4.85. The zero-order valence-electron chi connectivity index (χ0n) is 12.3. The maximum atomic E-state index is 12.5. The topological polar surface area (TPSA) is 103 Å². The molecule has 0 bridgehead atoms. The van der Waals surface area contributed by atoms with Gasteiger partial charge in [0, 0.05) is 32.2 Å². The Bertz CT molecular complexity index is 896. The number of rotatable bonds is 3. The van der Waals surface area contributed by atoms with Crippen molar-refractivity contribution in [2.45, 2.75) is 4.21 Å². The van der Waals surface area contributed by atoms with E-state index in [0.717, 1.165) is 15.1 Å². The minimum atomic E-state index is -3.54. The summed E-state index contributed by atoms with van der Waals surface area (Å²) in [6, 6.07) is 5.84. The van der Waals surface area contributed by atoms with E-state index < -0.39 is 10.0 Å².